The van der Waals surface area contributed by atoms with Crippen molar-refractivity contribution in [1.29, 1.82) is 0 Å². The molecule has 0 radical (unpaired) electrons. The van der Waals surface area contributed by atoms with Gasteiger partial charge in [0.25, 0.3) is 10.1 Å². The second-order valence-corrected chi connectivity index (χ2v) is 6.05. The summed E-state index contributed by atoms with van der Waals surface area (Å²) in [5, 5.41) is 0.917. The molecule has 0 fully saturated rings. The van der Waals surface area contributed by atoms with Crippen molar-refractivity contribution in [2.24, 2.45) is 0 Å². The average Bonchev–Trinajstić information content (AvgIpc) is 2.45. The predicted molar refractivity (Wildman–Crippen MR) is 79.0 cm³/mol. The monoisotopic (exact) mass is 308 g/mol. The number of fused-ring (bicyclic) bond motifs is 1. The first-order valence-corrected chi connectivity index (χ1v) is 8.05. The maximum absolute atomic E-state index is 11.9. The normalized spacial score (nSPS) is 11.5. The van der Waals surface area contributed by atoms with Gasteiger partial charge in [0.05, 0.1) is 12.2 Å². The van der Waals surface area contributed by atoms with Gasteiger partial charge in [-0.1, -0.05) is 31.5 Å². The number of ether oxygens (including phenoxy) is 1. The Hall–Kier alpha value is -1.92. The van der Waals surface area contributed by atoms with Crippen LogP contribution in [0.1, 0.15) is 30.1 Å². The SMILES string of the molecule is CCCCOC(=O)c1ccc2c(S(=O)(=O)O)cccc2c1. The standard InChI is InChI=1S/C15H16O5S/c1-2-3-9-20-15(16)12-7-8-13-11(10-12)5-4-6-14(13)21(17,18)19/h4-8,10H,2-3,9H2,1H3,(H,17,18,19). The predicted octanol–water partition coefficient (Wildman–Crippen LogP) is 3.04. The molecule has 112 valence electrons. The first-order valence-electron chi connectivity index (χ1n) is 6.61. The van der Waals surface area contributed by atoms with Crippen LogP contribution in [0, 0.1) is 0 Å². The second kappa shape index (κ2) is 6.24. The van der Waals surface area contributed by atoms with E-state index in [0.29, 0.717) is 22.9 Å². The van der Waals surface area contributed by atoms with E-state index in [1.807, 2.05) is 6.92 Å². The average molecular weight is 308 g/mol. The van der Waals surface area contributed by atoms with Gasteiger partial charge in [-0.2, -0.15) is 8.42 Å². The van der Waals surface area contributed by atoms with Crippen LogP contribution in [-0.2, 0) is 14.9 Å². The Morgan fingerprint density at radius 2 is 2.00 bits per heavy atom. The number of benzene rings is 2. The topological polar surface area (TPSA) is 80.7 Å². The van der Waals surface area contributed by atoms with E-state index in [0.717, 1.165) is 12.8 Å². The fourth-order valence-corrected chi connectivity index (χ4v) is 2.71. The molecule has 0 aliphatic rings. The van der Waals surface area contributed by atoms with Crippen LogP contribution in [0.2, 0.25) is 0 Å². The lowest BCUT2D eigenvalue weighted by atomic mass is 10.1. The van der Waals surface area contributed by atoms with Gasteiger partial charge in [0, 0.05) is 5.39 Å². The fourth-order valence-electron chi connectivity index (χ4n) is 2.00. The van der Waals surface area contributed by atoms with Gasteiger partial charge in [-0.25, -0.2) is 4.79 Å². The van der Waals surface area contributed by atoms with E-state index < -0.39 is 16.1 Å². The Balaban J connectivity index is 2.37. The van der Waals surface area contributed by atoms with Crippen molar-refractivity contribution < 1.29 is 22.5 Å². The van der Waals surface area contributed by atoms with Crippen molar-refractivity contribution in [3.63, 3.8) is 0 Å². The number of carbonyl (C=O) groups is 1. The molecular weight excluding hydrogens is 292 g/mol. The van der Waals surface area contributed by atoms with Gasteiger partial charge in [-0.3, -0.25) is 4.55 Å². The molecule has 0 atom stereocenters. The zero-order valence-corrected chi connectivity index (χ0v) is 12.4. The molecular formula is C15H16O5S. The summed E-state index contributed by atoms with van der Waals surface area (Å²) in [5.41, 5.74) is 0.353. The highest BCUT2D eigenvalue weighted by molar-refractivity contribution is 7.86. The molecule has 0 aliphatic carbocycles. The molecule has 2 aromatic rings. The number of hydrogen-bond donors (Lipinski definition) is 1. The molecule has 0 bridgehead atoms. The van der Waals surface area contributed by atoms with Crippen molar-refractivity contribution in [3.8, 4) is 0 Å². The second-order valence-electron chi connectivity index (χ2n) is 4.66. The zero-order valence-electron chi connectivity index (χ0n) is 11.6. The van der Waals surface area contributed by atoms with E-state index >= 15 is 0 Å². The molecule has 0 aliphatic heterocycles. The Labute approximate surface area is 123 Å². The maximum atomic E-state index is 11.9. The van der Waals surface area contributed by atoms with Gasteiger partial charge in [-0.05, 0) is 30.0 Å². The quantitative estimate of drug-likeness (QED) is 0.521. The number of unbranched alkanes of at least 4 members (excludes halogenated alkanes) is 1. The maximum Gasteiger partial charge on any atom is 0.338 e. The molecule has 2 aromatic carbocycles. The molecule has 0 saturated carbocycles. The van der Waals surface area contributed by atoms with E-state index in [9.17, 15) is 17.8 Å². The summed E-state index contributed by atoms with van der Waals surface area (Å²) in [6, 6.07) is 9.04. The van der Waals surface area contributed by atoms with Crippen molar-refractivity contribution in [1.82, 2.24) is 0 Å². The minimum atomic E-state index is -4.30. The summed E-state index contributed by atoms with van der Waals surface area (Å²) in [5.74, 6) is -0.442. The van der Waals surface area contributed by atoms with Gasteiger partial charge < -0.3 is 4.74 Å². The van der Waals surface area contributed by atoms with E-state index in [4.69, 9.17) is 4.74 Å². The van der Waals surface area contributed by atoms with Crippen LogP contribution in [0.15, 0.2) is 41.3 Å². The molecule has 21 heavy (non-hydrogen) atoms. The lowest BCUT2D eigenvalue weighted by Crippen LogP contribution is -2.06. The van der Waals surface area contributed by atoms with E-state index in [-0.39, 0.29) is 4.90 Å². The molecule has 0 heterocycles. The Morgan fingerprint density at radius 1 is 1.24 bits per heavy atom. The highest BCUT2D eigenvalue weighted by atomic mass is 32.2. The summed E-state index contributed by atoms with van der Waals surface area (Å²) >= 11 is 0. The molecule has 0 spiro atoms. The van der Waals surface area contributed by atoms with Gasteiger partial charge in [0.2, 0.25) is 0 Å². The largest absolute Gasteiger partial charge is 0.462 e. The molecule has 1 N–H and O–H groups in total. The first kappa shape index (κ1) is 15.5. The van der Waals surface area contributed by atoms with Gasteiger partial charge >= 0.3 is 5.97 Å². The molecule has 2 rings (SSSR count). The van der Waals surface area contributed by atoms with E-state index in [1.165, 1.54) is 24.3 Å². The lowest BCUT2D eigenvalue weighted by Gasteiger charge is -2.07. The minimum Gasteiger partial charge on any atom is -0.462 e. The minimum absolute atomic E-state index is 0.175. The fraction of sp³-hybridized carbons (Fsp3) is 0.267. The van der Waals surface area contributed by atoms with Crippen LogP contribution >= 0.6 is 0 Å². The van der Waals surface area contributed by atoms with Crippen LogP contribution in [0.3, 0.4) is 0 Å². The third-order valence-electron chi connectivity index (χ3n) is 3.09. The van der Waals surface area contributed by atoms with E-state index in [2.05, 4.69) is 0 Å². The van der Waals surface area contributed by atoms with Crippen LogP contribution < -0.4 is 0 Å². The molecule has 0 saturated heterocycles. The lowest BCUT2D eigenvalue weighted by molar-refractivity contribution is 0.0500. The number of hydrogen-bond acceptors (Lipinski definition) is 4. The Morgan fingerprint density at radius 3 is 2.67 bits per heavy atom. The van der Waals surface area contributed by atoms with Crippen molar-refractivity contribution in [3.05, 3.63) is 42.0 Å². The number of esters is 1. The van der Waals surface area contributed by atoms with Crippen LogP contribution in [-0.4, -0.2) is 25.5 Å². The Bertz CT molecular complexity index is 765. The zero-order chi connectivity index (χ0) is 15.5. The van der Waals surface area contributed by atoms with Gasteiger partial charge in [0.1, 0.15) is 4.90 Å². The molecule has 0 unspecified atom stereocenters. The summed E-state index contributed by atoms with van der Waals surface area (Å²) < 4.78 is 36.9. The summed E-state index contributed by atoms with van der Waals surface area (Å²) in [7, 11) is -4.30. The number of rotatable bonds is 5. The van der Waals surface area contributed by atoms with Crippen molar-refractivity contribution >= 4 is 26.9 Å². The van der Waals surface area contributed by atoms with Crippen molar-refractivity contribution in [2.75, 3.05) is 6.61 Å². The smallest absolute Gasteiger partial charge is 0.338 e. The highest BCUT2D eigenvalue weighted by Crippen LogP contribution is 2.24. The van der Waals surface area contributed by atoms with Crippen LogP contribution in [0.4, 0.5) is 0 Å². The Kier molecular flexibility index (Phi) is 4.59. The van der Waals surface area contributed by atoms with Crippen LogP contribution in [0.25, 0.3) is 10.8 Å². The third kappa shape index (κ3) is 3.59. The summed E-state index contributed by atoms with van der Waals surface area (Å²) in [4.78, 5) is 11.7. The summed E-state index contributed by atoms with van der Waals surface area (Å²) in [6.45, 7) is 2.36. The molecule has 5 nitrogen and oxygen atoms in total. The molecule has 6 heteroatoms. The summed E-state index contributed by atoms with van der Waals surface area (Å²) in [6.07, 6.45) is 1.73. The number of carbonyl (C=O) groups excluding carboxylic acids is 1. The highest BCUT2D eigenvalue weighted by Gasteiger charge is 2.15. The van der Waals surface area contributed by atoms with Gasteiger partial charge in [-0.15, -0.1) is 0 Å². The molecule has 0 amide bonds. The van der Waals surface area contributed by atoms with Crippen molar-refractivity contribution in [2.45, 2.75) is 24.7 Å². The third-order valence-corrected chi connectivity index (χ3v) is 4.00. The van der Waals surface area contributed by atoms with Gasteiger partial charge in [0.15, 0.2) is 0 Å². The molecule has 0 aromatic heterocycles. The first-order chi connectivity index (χ1) is 9.93. The van der Waals surface area contributed by atoms with E-state index in [1.54, 1.807) is 12.1 Å². The van der Waals surface area contributed by atoms with Crippen LogP contribution in [0.5, 0.6) is 0 Å².